The van der Waals surface area contributed by atoms with Crippen LogP contribution in [0.2, 0.25) is 0 Å². The van der Waals surface area contributed by atoms with E-state index in [1.807, 2.05) is 42.5 Å². The van der Waals surface area contributed by atoms with Crippen LogP contribution in [0.25, 0.3) is 10.2 Å². The van der Waals surface area contributed by atoms with Crippen molar-refractivity contribution in [3.63, 3.8) is 0 Å². The summed E-state index contributed by atoms with van der Waals surface area (Å²) < 4.78 is 6.62. The standard InChI is InChI=1S/C24H20N4O3S2/c1-15(29)25-18-9-12-20-21(13-18)33-24(26-20)28-23(32)27-22(30)17-7-10-19(11-8-17)31-14-16-5-3-2-4-6-16/h2-13H,14H2,1H3,(H,25,29)(H2,26,27,28,30,32). The van der Waals surface area contributed by atoms with E-state index in [0.717, 1.165) is 15.8 Å². The third-order valence-electron chi connectivity index (χ3n) is 4.52. The van der Waals surface area contributed by atoms with Crippen molar-refractivity contribution in [3.8, 4) is 5.75 Å². The molecular weight excluding hydrogens is 456 g/mol. The minimum Gasteiger partial charge on any atom is -0.489 e. The second-order valence-electron chi connectivity index (χ2n) is 7.09. The quantitative estimate of drug-likeness (QED) is 0.341. The Morgan fingerprint density at radius 2 is 1.76 bits per heavy atom. The lowest BCUT2D eigenvalue weighted by Crippen LogP contribution is -2.34. The number of carbonyl (C=O) groups excluding carboxylic acids is 2. The third-order valence-corrected chi connectivity index (χ3v) is 5.66. The highest BCUT2D eigenvalue weighted by molar-refractivity contribution is 7.80. The normalized spacial score (nSPS) is 10.5. The van der Waals surface area contributed by atoms with Crippen LogP contribution in [0.15, 0.2) is 72.8 Å². The van der Waals surface area contributed by atoms with Gasteiger partial charge in [-0.25, -0.2) is 4.98 Å². The van der Waals surface area contributed by atoms with E-state index in [1.165, 1.54) is 18.3 Å². The van der Waals surface area contributed by atoms with Crippen molar-refractivity contribution >= 4 is 61.5 Å². The summed E-state index contributed by atoms with van der Waals surface area (Å²) in [6, 6.07) is 22.1. The SMILES string of the molecule is CC(=O)Nc1ccc2nc(NC(=S)NC(=O)c3ccc(OCc4ccccc4)cc3)sc2c1. The van der Waals surface area contributed by atoms with Gasteiger partial charge in [0.05, 0.1) is 10.2 Å². The van der Waals surface area contributed by atoms with E-state index in [2.05, 4.69) is 20.9 Å². The molecule has 0 aliphatic heterocycles. The van der Waals surface area contributed by atoms with Gasteiger partial charge in [0.2, 0.25) is 5.91 Å². The number of thiazole rings is 1. The Morgan fingerprint density at radius 1 is 1.00 bits per heavy atom. The van der Waals surface area contributed by atoms with Crippen molar-refractivity contribution in [1.29, 1.82) is 0 Å². The van der Waals surface area contributed by atoms with E-state index in [9.17, 15) is 9.59 Å². The van der Waals surface area contributed by atoms with Crippen LogP contribution in [-0.4, -0.2) is 21.9 Å². The van der Waals surface area contributed by atoms with E-state index in [1.54, 1.807) is 30.3 Å². The molecule has 4 rings (SSSR count). The van der Waals surface area contributed by atoms with Crippen LogP contribution < -0.4 is 20.7 Å². The van der Waals surface area contributed by atoms with Crippen LogP contribution in [0, 0.1) is 0 Å². The molecule has 1 heterocycles. The lowest BCUT2D eigenvalue weighted by Gasteiger charge is -2.09. The Balaban J connectivity index is 1.32. The molecule has 3 aromatic carbocycles. The van der Waals surface area contributed by atoms with Gasteiger partial charge >= 0.3 is 0 Å². The fourth-order valence-electron chi connectivity index (χ4n) is 3.01. The predicted molar refractivity (Wildman–Crippen MR) is 135 cm³/mol. The van der Waals surface area contributed by atoms with E-state index < -0.39 is 0 Å². The minimum absolute atomic E-state index is 0.142. The number of amides is 2. The summed E-state index contributed by atoms with van der Waals surface area (Å²) in [5.41, 5.74) is 2.97. The second kappa shape index (κ2) is 10.2. The van der Waals surface area contributed by atoms with Gasteiger partial charge in [-0.3, -0.25) is 14.9 Å². The lowest BCUT2D eigenvalue weighted by atomic mass is 10.2. The number of rotatable bonds is 6. The number of anilines is 2. The molecule has 0 aliphatic rings. The van der Waals surface area contributed by atoms with Crippen LogP contribution in [0.4, 0.5) is 10.8 Å². The van der Waals surface area contributed by atoms with Crippen molar-refractivity contribution in [2.24, 2.45) is 0 Å². The highest BCUT2D eigenvalue weighted by Gasteiger charge is 2.11. The summed E-state index contributed by atoms with van der Waals surface area (Å²) in [5.74, 6) is 0.192. The number of nitrogens with one attached hydrogen (secondary N) is 3. The van der Waals surface area contributed by atoms with E-state index in [4.69, 9.17) is 17.0 Å². The first-order valence-electron chi connectivity index (χ1n) is 10.0. The first-order chi connectivity index (χ1) is 16.0. The zero-order valence-electron chi connectivity index (χ0n) is 17.6. The molecule has 3 N–H and O–H groups in total. The molecule has 0 spiro atoms. The molecule has 0 bridgehead atoms. The van der Waals surface area contributed by atoms with Gasteiger partial charge in [0.1, 0.15) is 12.4 Å². The van der Waals surface area contributed by atoms with Gasteiger partial charge < -0.3 is 15.4 Å². The molecule has 166 valence electrons. The van der Waals surface area contributed by atoms with Crippen LogP contribution in [-0.2, 0) is 11.4 Å². The van der Waals surface area contributed by atoms with E-state index in [-0.39, 0.29) is 16.9 Å². The molecule has 7 nitrogen and oxygen atoms in total. The maximum atomic E-state index is 12.5. The lowest BCUT2D eigenvalue weighted by molar-refractivity contribution is -0.114. The molecule has 2 amide bonds. The van der Waals surface area contributed by atoms with E-state index in [0.29, 0.717) is 28.7 Å². The maximum Gasteiger partial charge on any atom is 0.257 e. The average molecular weight is 477 g/mol. The van der Waals surface area contributed by atoms with Crippen LogP contribution in [0.1, 0.15) is 22.8 Å². The number of fused-ring (bicyclic) bond motifs is 1. The summed E-state index contributed by atoms with van der Waals surface area (Å²) in [6.45, 7) is 1.91. The number of benzene rings is 3. The summed E-state index contributed by atoms with van der Waals surface area (Å²) >= 11 is 6.63. The van der Waals surface area contributed by atoms with Gasteiger partial charge in [-0.1, -0.05) is 41.7 Å². The molecule has 1 aromatic heterocycles. The molecule has 4 aromatic rings. The summed E-state index contributed by atoms with van der Waals surface area (Å²) in [6.07, 6.45) is 0. The third kappa shape index (κ3) is 6.12. The zero-order valence-corrected chi connectivity index (χ0v) is 19.3. The molecule has 33 heavy (non-hydrogen) atoms. The molecular formula is C24H20N4O3S2. The first-order valence-corrected chi connectivity index (χ1v) is 11.3. The van der Waals surface area contributed by atoms with Crippen molar-refractivity contribution in [3.05, 3.63) is 83.9 Å². The van der Waals surface area contributed by atoms with Gasteiger partial charge in [-0.15, -0.1) is 0 Å². The number of carbonyl (C=O) groups is 2. The number of nitrogens with zero attached hydrogens (tertiary/aromatic N) is 1. The fraction of sp³-hybridized carbons (Fsp3) is 0.0833. The van der Waals surface area contributed by atoms with Crippen LogP contribution in [0.3, 0.4) is 0 Å². The predicted octanol–water partition coefficient (Wildman–Crippen LogP) is 4.96. The Hall–Kier alpha value is -3.82. The Bertz CT molecular complexity index is 1300. The van der Waals surface area contributed by atoms with Crippen molar-refractivity contribution in [2.75, 3.05) is 10.6 Å². The Labute approximate surface area is 199 Å². The van der Waals surface area contributed by atoms with Crippen LogP contribution in [0.5, 0.6) is 5.75 Å². The number of thiocarbonyl (C=S) groups is 1. The van der Waals surface area contributed by atoms with Gasteiger partial charge in [0, 0.05) is 18.2 Å². The maximum absolute atomic E-state index is 12.5. The number of aromatic nitrogens is 1. The highest BCUT2D eigenvalue weighted by Crippen LogP contribution is 2.28. The molecule has 0 saturated heterocycles. The molecule has 0 aliphatic carbocycles. The number of hydrogen-bond donors (Lipinski definition) is 3. The summed E-state index contributed by atoms with van der Waals surface area (Å²) in [5, 5.41) is 9.02. The topological polar surface area (TPSA) is 92.4 Å². The minimum atomic E-state index is -0.337. The smallest absolute Gasteiger partial charge is 0.257 e. The summed E-state index contributed by atoms with van der Waals surface area (Å²) in [4.78, 5) is 28.2. The molecule has 0 fully saturated rings. The number of ether oxygens (including phenoxy) is 1. The van der Waals surface area contributed by atoms with Gasteiger partial charge in [-0.2, -0.15) is 0 Å². The Kier molecular flexibility index (Phi) is 6.92. The van der Waals surface area contributed by atoms with Gasteiger partial charge in [0.15, 0.2) is 10.2 Å². The average Bonchev–Trinajstić information content (AvgIpc) is 3.19. The fourth-order valence-corrected chi connectivity index (χ4v) is 4.17. The highest BCUT2D eigenvalue weighted by atomic mass is 32.1. The van der Waals surface area contributed by atoms with Crippen molar-refractivity contribution < 1.29 is 14.3 Å². The first kappa shape index (κ1) is 22.4. The largest absolute Gasteiger partial charge is 0.489 e. The molecule has 0 radical (unpaired) electrons. The van der Waals surface area contributed by atoms with Gasteiger partial charge in [-0.05, 0) is 60.2 Å². The van der Waals surface area contributed by atoms with Crippen LogP contribution >= 0.6 is 23.6 Å². The summed E-state index contributed by atoms with van der Waals surface area (Å²) in [7, 11) is 0. The van der Waals surface area contributed by atoms with Gasteiger partial charge in [0.25, 0.3) is 5.91 Å². The van der Waals surface area contributed by atoms with Crippen molar-refractivity contribution in [1.82, 2.24) is 10.3 Å². The molecule has 0 unspecified atom stereocenters. The van der Waals surface area contributed by atoms with Crippen molar-refractivity contribution in [2.45, 2.75) is 13.5 Å². The molecule has 0 atom stereocenters. The molecule has 0 saturated carbocycles. The second-order valence-corrected chi connectivity index (χ2v) is 8.53. The zero-order chi connectivity index (χ0) is 23.2. The monoisotopic (exact) mass is 476 g/mol. The molecule has 9 heteroatoms. The van der Waals surface area contributed by atoms with E-state index >= 15 is 0 Å². The number of hydrogen-bond acceptors (Lipinski definition) is 6. The Morgan fingerprint density at radius 3 is 2.48 bits per heavy atom.